The second-order valence-electron chi connectivity index (χ2n) is 6.77. The van der Waals surface area contributed by atoms with Gasteiger partial charge in [-0.3, -0.25) is 9.59 Å². The third kappa shape index (κ3) is 4.03. The molecule has 2 rings (SSSR count). The average Bonchev–Trinajstić information content (AvgIpc) is 2.53. The average molecular weight is 286 g/mol. The Kier molecular flexibility index (Phi) is 5.33. The first-order valence-electron chi connectivity index (χ1n) is 8.13. The zero-order chi connectivity index (χ0) is 15.3. The minimum absolute atomic E-state index is 0.0726. The minimum Gasteiger partial charge on any atom is -0.299 e. The Labute approximate surface area is 127 Å². The van der Waals surface area contributed by atoms with Gasteiger partial charge in [0.15, 0.2) is 5.78 Å². The van der Waals surface area contributed by atoms with E-state index in [2.05, 4.69) is 13.8 Å². The van der Waals surface area contributed by atoms with Crippen LogP contribution in [0.3, 0.4) is 0 Å². The lowest BCUT2D eigenvalue weighted by Gasteiger charge is -2.35. The van der Waals surface area contributed by atoms with E-state index in [9.17, 15) is 9.59 Å². The molecule has 2 nitrogen and oxygen atoms in total. The molecule has 1 aliphatic rings. The summed E-state index contributed by atoms with van der Waals surface area (Å²) in [7, 11) is 0. The Balaban J connectivity index is 1.90. The summed E-state index contributed by atoms with van der Waals surface area (Å²) < 4.78 is 0. The molecule has 1 aliphatic carbocycles. The molecule has 0 N–H and O–H groups in total. The van der Waals surface area contributed by atoms with Crippen molar-refractivity contribution in [1.82, 2.24) is 0 Å². The van der Waals surface area contributed by atoms with Gasteiger partial charge in [-0.15, -0.1) is 0 Å². The van der Waals surface area contributed by atoms with Crippen LogP contribution in [0.1, 0.15) is 69.2 Å². The maximum absolute atomic E-state index is 12.5. The minimum atomic E-state index is -0.280. The third-order valence-corrected chi connectivity index (χ3v) is 5.02. The van der Waals surface area contributed by atoms with E-state index in [1.54, 1.807) is 0 Å². The van der Waals surface area contributed by atoms with Crippen LogP contribution < -0.4 is 0 Å². The van der Waals surface area contributed by atoms with Crippen molar-refractivity contribution in [2.45, 2.75) is 58.8 Å². The molecule has 0 spiro atoms. The zero-order valence-corrected chi connectivity index (χ0v) is 13.2. The molecule has 1 aromatic carbocycles. The van der Waals surface area contributed by atoms with E-state index in [1.807, 2.05) is 30.3 Å². The summed E-state index contributed by atoms with van der Waals surface area (Å²) in [6, 6.07) is 9.26. The van der Waals surface area contributed by atoms with Gasteiger partial charge in [-0.2, -0.15) is 0 Å². The molecule has 2 heteroatoms. The normalized spacial score (nSPS) is 16.7. The SMILES string of the molecule is CC(C)(C(=O)CCC(=O)c1ccccc1)C1CCCCC1. The molecule has 0 saturated heterocycles. The molecule has 1 saturated carbocycles. The Morgan fingerprint density at radius 2 is 1.62 bits per heavy atom. The van der Waals surface area contributed by atoms with Gasteiger partial charge in [-0.25, -0.2) is 0 Å². The summed E-state index contributed by atoms with van der Waals surface area (Å²) in [5, 5.41) is 0. The summed E-state index contributed by atoms with van der Waals surface area (Å²) in [4.78, 5) is 24.6. The number of rotatable bonds is 6. The lowest BCUT2D eigenvalue weighted by Crippen LogP contribution is -2.34. The van der Waals surface area contributed by atoms with Crippen molar-refractivity contribution in [3.05, 3.63) is 35.9 Å². The van der Waals surface area contributed by atoms with Crippen molar-refractivity contribution in [3.63, 3.8) is 0 Å². The fourth-order valence-corrected chi connectivity index (χ4v) is 3.37. The molecule has 0 bridgehead atoms. The van der Waals surface area contributed by atoms with Crippen LogP contribution in [0.4, 0.5) is 0 Å². The Bertz CT molecular complexity index is 482. The predicted octanol–water partition coefficient (Wildman–Crippen LogP) is 4.83. The standard InChI is InChI=1S/C19H26O2/c1-19(2,16-11-7-4-8-12-16)18(21)14-13-17(20)15-9-5-3-6-10-15/h3,5-6,9-10,16H,4,7-8,11-14H2,1-2H3. The molecule has 0 aromatic heterocycles. The van der Waals surface area contributed by atoms with E-state index < -0.39 is 0 Å². The highest BCUT2D eigenvalue weighted by atomic mass is 16.1. The molecule has 0 radical (unpaired) electrons. The van der Waals surface area contributed by atoms with Crippen molar-refractivity contribution in [3.8, 4) is 0 Å². The van der Waals surface area contributed by atoms with E-state index in [0.717, 1.165) is 12.8 Å². The van der Waals surface area contributed by atoms with Crippen molar-refractivity contribution in [2.24, 2.45) is 11.3 Å². The quantitative estimate of drug-likeness (QED) is 0.702. The molecule has 1 aromatic rings. The molecule has 21 heavy (non-hydrogen) atoms. The smallest absolute Gasteiger partial charge is 0.163 e. The molecule has 0 heterocycles. The molecule has 114 valence electrons. The van der Waals surface area contributed by atoms with Crippen molar-refractivity contribution < 1.29 is 9.59 Å². The number of carbonyl (C=O) groups is 2. The Morgan fingerprint density at radius 1 is 1.00 bits per heavy atom. The number of Topliss-reactive ketones (excluding diaryl/α,β-unsaturated/α-hetero) is 2. The van der Waals surface area contributed by atoms with Crippen molar-refractivity contribution >= 4 is 11.6 Å². The number of hydrogen-bond donors (Lipinski definition) is 0. The molecule has 0 amide bonds. The number of ketones is 2. The van der Waals surface area contributed by atoms with Crippen molar-refractivity contribution in [2.75, 3.05) is 0 Å². The number of hydrogen-bond acceptors (Lipinski definition) is 2. The number of carbonyl (C=O) groups excluding carboxylic acids is 2. The van der Waals surface area contributed by atoms with Crippen molar-refractivity contribution in [1.29, 1.82) is 0 Å². The summed E-state index contributed by atoms with van der Waals surface area (Å²) in [6.45, 7) is 4.14. The first-order chi connectivity index (χ1) is 10.0. The molecule has 0 atom stereocenters. The maximum atomic E-state index is 12.5. The molecular weight excluding hydrogens is 260 g/mol. The summed E-state index contributed by atoms with van der Waals surface area (Å²) in [6.07, 6.45) is 6.80. The van der Waals surface area contributed by atoms with Gasteiger partial charge < -0.3 is 0 Å². The van der Waals surface area contributed by atoms with Crippen LogP contribution in [-0.4, -0.2) is 11.6 Å². The first-order valence-corrected chi connectivity index (χ1v) is 8.13. The van der Waals surface area contributed by atoms with Gasteiger partial charge in [-0.05, 0) is 18.8 Å². The van der Waals surface area contributed by atoms with Crippen LogP contribution in [0, 0.1) is 11.3 Å². The summed E-state index contributed by atoms with van der Waals surface area (Å²) >= 11 is 0. The van der Waals surface area contributed by atoms with E-state index in [1.165, 1.54) is 19.3 Å². The Morgan fingerprint density at radius 3 is 2.24 bits per heavy atom. The maximum Gasteiger partial charge on any atom is 0.163 e. The van der Waals surface area contributed by atoms with Gasteiger partial charge in [0.05, 0.1) is 0 Å². The molecule has 0 aliphatic heterocycles. The summed E-state index contributed by atoms with van der Waals surface area (Å²) in [5.74, 6) is 0.813. The lowest BCUT2D eigenvalue weighted by atomic mass is 9.68. The van der Waals surface area contributed by atoms with Gasteiger partial charge in [-0.1, -0.05) is 63.4 Å². The number of benzene rings is 1. The van der Waals surface area contributed by atoms with E-state index in [4.69, 9.17) is 0 Å². The van der Waals surface area contributed by atoms with Crippen LogP contribution >= 0.6 is 0 Å². The van der Waals surface area contributed by atoms with E-state index in [-0.39, 0.29) is 17.0 Å². The predicted molar refractivity (Wildman–Crippen MR) is 85.4 cm³/mol. The van der Waals surface area contributed by atoms with E-state index in [0.29, 0.717) is 24.3 Å². The van der Waals surface area contributed by atoms with Gasteiger partial charge >= 0.3 is 0 Å². The van der Waals surface area contributed by atoms with Crippen LogP contribution in [0.5, 0.6) is 0 Å². The van der Waals surface area contributed by atoms with Crippen LogP contribution in [-0.2, 0) is 4.79 Å². The first kappa shape index (κ1) is 15.9. The lowest BCUT2D eigenvalue weighted by molar-refractivity contribution is -0.130. The molecule has 0 unspecified atom stereocenters. The summed E-state index contributed by atoms with van der Waals surface area (Å²) in [5.41, 5.74) is 0.429. The van der Waals surface area contributed by atoms with Crippen LogP contribution in [0.15, 0.2) is 30.3 Å². The fourth-order valence-electron chi connectivity index (χ4n) is 3.37. The largest absolute Gasteiger partial charge is 0.299 e. The van der Waals surface area contributed by atoms with Gasteiger partial charge in [0.25, 0.3) is 0 Å². The van der Waals surface area contributed by atoms with Crippen LogP contribution in [0.25, 0.3) is 0 Å². The van der Waals surface area contributed by atoms with Gasteiger partial charge in [0.2, 0.25) is 0 Å². The third-order valence-electron chi connectivity index (χ3n) is 5.02. The molecular formula is C19H26O2. The fraction of sp³-hybridized carbons (Fsp3) is 0.579. The topological polar surface area (TPSA) is 34.1 Å². The Hall–Kier alpha value is -1.44. The van der Waals surface area contributed by atoms with Crippen LogP contribution in [0.2, 0.25) is 0 Å². The highest BCUT2D eigenvalue weighted by molar-refractivity contribution is 5.98. The highest BCUT2D eigenvalue weighted by Gasteiger charge is 2.36. The second-order valence-corrected chi connectivity index (χ2v) is 6.77. The molecule has 1 fully saturated rings. The van der Waals surface area contributed by atoms with Gasteiger partial charge in [0, 0.05) is 23.8 Å². The van der Waals surface area contributed by atoms with E-state index >= 15 is 0 Å². The second kappa shape index (κ2) is 7.02. The highest BCUT2D eigenvalue weighted by Crippen LogP contribution is 2.39. The van der Waals surface area contributed by atoms with Gasteiger partial charge in [0.1, 0.15) is 5.78 Å². The monoisotopic (exact) mass is 286 g/mol. The zero-order valence-electron chi connectivity index (χ0n) is 13.2.